The molecule has 0 aliphatic carbocycles. The van der Waals surface area contributed by atoms with Crippen molar-refractivity contribution in [1.29, 1.82) is 0 Å². The molecule has 4 heteroatoms. The summed E-state index contributed by atoms with van der Waals surface area (Å²) in [6.45, 7) is 7.30. The average Bonchev–Trinajstić information content (AvgIpc) is 3.11. The molecule has 4 nitrogen and oxygen atoms in total. The summed E-state index contributed by atoms with van der Waals surface area (Å²) in [5.74, 6) is 0.955. The van der Waals surface area contributed by atoms with E-state index in [1.165, 1.54) is 5.56 Å². The van der Waals surface area contributed by atoms with E-state index in [4.69, 9.17) is 4.98 Å². The molecule has 1 N–H and O–H groups in total. The summed E-state index contributed by atoms with van der Waals surface area (Å²) >= 11 is 0. The second kappa shape index (κ2) is 6.88. The monoisotopic (exact) mass is 356 g/mol. The van der Waals surface area contributed by atoms with Gasteiger partial charge in [0.1, 0.15) is 5.82 Å². The van der Waals surface area contributed by atoms with Gasteiger partial charge in [0.15, 0.2) is 5.65 Å². The average molecular weight is 356 g/mol. The first-order chi connectivity index (χ1) is 13.0. The van der Waals surface area contributed by atoms with Gasteiger partial charge in [-0.25, -0.2) is 4.98 Å². The van der Waals surface area contributed by atoms with Gasteiger partial charge in [-0.2, -0.15) is 9.61 Å². The van der Waals surface area contributed by atoms with E-state index in [0.717, 1.165) is 34.8 Å². The summed E-state index contributed by atoms with van der Waals surface area (Å²) in [6, 6.07) is 22.8. The summed E-state index contributed by atoms with van der Waals surface area (Å²) in [7, 11) is 0. The molecule has 0 aliphatic rings. The molecule has 4 rings (SSSR count). The van der Waals surface area contributed by atoms with Crippen LogP contribution in [0.2, 0.25) is 0 Å². The predicted octanol–water partition coefficient (Wildman–Crippen LogP) is 5.31. The number of benzene rings is 2. The molecule has 0 aliphatic heterocycles. The normalized spacial score (nSPS) is 11.7. The number of anilines is 1. The Bertz CT molecular complexity index is 1040. The summed E-state index contributed by atoms with van der Waals surface area (Å²) < 4.78 is 1.90. The molecule has 0 amide bonds. The molecule has 27 heavy (non-hydrogen) atoms. The van der Waals surface area contributed by atoms with E-state index in [1.807, 2.05) is 35.0 Å². The van der Waals surface area contributed by atoms with Gasteiger partial charge < -0.3 is 5.32 Å². The van der Waals surface area contributed by atoms with Crippen molar-refractivity contribution in [1.82, 2.24) is 14.6 Å². The maximum atomic E-state index is 4.96. The molecule has 0 fully saturated rings. The third-order valence-electron chi connectivity index (χ3n) is 4.64. The van der Waals surface area contributed by atoms with Crippen molar-refractivity contribution >= 4 is 11.5 Å². The van der Waals surface area contributed by atoms with Gasteiger partial charge in [0.05, 0.1) is 11.9 Å². The fourth-order valence-electron chi connectivity index (χ4n) is 3.08. The smallest absolute Gasteiger partial charge is 0.165 e. The van der Waals surface area contributed by atoms with Gasteiger partial charge in [-0.3, -0.25) is 0 Å². The van der Waals surface area contributed by atoms with Crippen LogP contribution in [0.4, 0.5) is 5.82 Å². The maximum absolute atomic E-state index is 4.96. The Hall–Kier alpha value is -3.14. The minimum absolute atomic E-state index is 0.0524. The van der Waals surface area contributed by atoms with Gasteiger partial charge in [0.25, 0.3) is 0 Å². The highest BCUT2D eigenvalue weighted by Crippen LogP contribution is 2.29. The Balaban J connectivity index is 1.81. The SMILES string of the molecule is CC(C)(C)c1cc(NCc2ccccc2)n2ncc(-c3ccccc3)c2n1. The van der Waals surface area contributed by atoms with Gasteiger partial charge in [-0.05, 0) is 11.1 Å². The lowest BCUT2D eigenvalue weighted by Crippen LogP contribution is -2.16. The first-order valence-corrected chi connectivity index (χ1v) is 9.25. The Morgan fingerprint density at radius 2 is 1.59 bits per heavy atom. The molecule has 2 aromatic heterocycles. The molecule has 4 aromatic rings. The fraction of sp³-hybridized carbons (Fsp3) is 0.217. The zero-order valence-corrected chi connectivity index (χ0v) is 16.0. The highest BCUT2D eigenvalue weighted by atomic mass is 15.3. The Labute approximate surface area is 159 Å². The van der Waals surface area contributed by atoms with E-state index in [0.29, 0.717) is 0 Å². The quantitative estimate of drug-likeness (QED) is 0.539. The van der Waals surface area contributed by atoms with Gasteiger partial charge >= 0.3 is 0 Å². The van der Waals surface area contributed by atoms with Crippen LogP contribution in [-0.2, 0) is 12.0 Å². The van der Waals surface area contributed by atoms with E-state index in [-0.39, 0.29) is 5.41 Å². The van der Waals surface area contributed by atoms with E-state index < -0.39 is 0 Å². The summed E-state index contributed by atoms with van der Waals surface area (Å²) in [5, 5.41) is 8.16. The first kappa shape index (κ1) is 17.3. The Morgan fingerprint density at radius 1 is 0.926 bits per heavy atom. The second-order valence-corrected chi connectivity index (χ2v) is 7.78. The van der Waals surface area contributed by atoms with Crippen LogP contribution in [0.5, 0.6) is 0 Å². The van der Waals surface area contributed by atoms with Crippen molar-refractivity contribution in [2.75, 3.05) is 5.32 Å². The molecular formula is C23H24N4. The van der Waals surface area contributed by atoms with Crippen LogP contribution < -0.4 is 5.32 Å². The van der Waals surface area contributed by atoms with E-state index in [2.05, 4.69) is 73.7 Å². The van der Waals surface area contributed by atoms with E-state index in [9.17, 15) is 0 Å². The predicted molar refractivity (Wildman–Crippen MR) is 111 cm³/mol. The minimum atomic E-state index is -0.0524. The summed E-state index contributed by atoms with van der Waals surface area (Å²) in [4.78, 5) is 4.96. The Morgan fingerprint density at radius 3 is 2.26 bits per heavy atom. The van der Waals surface area contributed by atoms with Crippen molar-refractivity contribution in [3.63, 3.8) is 0 Å². The lowest BCUT2D eigenvalue weighted by Gasteiger charge is -2.20. The lowest BCUT2D eigenvalue weighted by molar-refractivity contribution is 0.568. The first-order valence-electron chi connectivity index (χ1n) is 9.25. The van der Waals surface area contributed by atoms with Crippen LogP contribution in [0, 0.1) is 0 Å². The van der Waals surface area contributed by atoms with Gasteiger partial charge in [-0.15, -0.1) is 0 Å². The summed E-state index contributed by atoms with van der Waals surface area (Å²) in [6.07, 6.45) is 1.90. The molecule has 0 saturated carbocycles. The topological polar surface area (TPSA) is 42.2 Å². The third kappa shape index (κ3) is 3.56. The van der Waals surface area contributed by atoms with Crippen molar-refractivity contribution in [3.05, 3.63) is 84.2 Å². The van der Waals surface area contributed by atoms with Gasteiger partial charge in [0.2, 0.25) is 0 Å². The van der Waals surface area contributed by atoms with Crippen molar-refractivity contribution < 1.29 is 0 Å². The molecule has 0 radical (unpaired) electrons. The minimum Gasteiger partial charge on any atom is -0.366 e. The molecular weight excluding hydrogens is 332 g/mol. The van der Waals surface area contributed by atoms with Crippen LogP contribution in [0.15, 0.2) is 72.9 Å². The Kier molecular flexibility index (Phi) is 4.40. The van der Waals surface area contributed by atoms with Gasteiger partial charge in [-0.1, -0.05) is 81.4 Å². The molecule has 2 aromatic carbocycles. The van der Waals surface area contributed by atoms with Crippen LogP contribution in [-0.4, -0.2) is 14.6 Å². The molecule has 0 saturated heterocycles. The van der Waals surface area contributed by atoms with E-state index in [1.54, 1.807) is 0 Å². The van der Waals surface area contributed by atoms with Crippen LogP contribution in [0.25, 0.3) is 16.8 Å². The third-order valence-corrected chi connectivity index (χ3v) is 4.64. The zero-order chi connectivity index (χ0) is 18.9. The summed E-state index contributed by atoms with van der Waals surface area (Å²) in [5.41, 5.74) is 5.27. The van der Waals surface area contributed by atoms with Crippen LogP contribution in [0.1, 0.15) is 32.0 Å². The number of rotatable bonds is 4. The molecule has 0 unspecified atom stereocenters. The molecule has 2 heterocycles. The number of hydrogen-bond acceptors (Lipinski definition) is 3. The fourth-order valence-corrected chi connectivity index (χ4v) is 3.08. The zero-order valence-electron chi connectivity index (χ0n) is 16.0. The van der Waals surface area contributed by atoms with Crippen molar-refractivity contribution in [2.24, 2.45) is 0 Å². The number of aromatic nitrogens is 3. The standard InChI is InChI=1S/C23H24N4/c1-23(2,3)20-14-21(24-15-17-10-6-4-7-11-17)27-22(26-20)19(16-25-27)18-12-8-5-9-13-18/h4-14,16,24H,15H2,1-3H3. The van der Waals surface area contributed by atoms with Crippen molar-refractivity contribution in [2.45, 2.75) is 32.7 Å². The number of hydrogen-bond donors (Lipinski definition) is 1. The van der Waals surface area contributed by atoms with Gasteiger partial charge in [0, 0.05) is 23.6 Å². The number of fused-ring (bicyclic) bond motifs is 1. The molecule has 0 atom stereocenters. The van der Waals surface area contributed by atoms with Crippen LogP contribution >= 0.6 is 0 Å². The number of nitrogens with zero attached hydrogens (tertiary/aromatic N) is 3. The number of nitrogens with one attached hydrogen (secondary N) is 1. The van der Waals surface area contributed by atoms with Crippen molar-refractivity contribution in [3.8, 4) is 11.1 Å². The van der Waals surface area contributed by atoms with E-state index >= 15 is 0 Å². The second-order valence-electron chi connectivity index (χ2n) is 7.78. The highest BCUT2D eigenvalue weighted by molar-refractivity contribution is 5.78. The lowest BCUT2D eigenvalue weighted by atomic mass is 9.92. The molecule has 136 valence electrons. The maximum Gasteiger partial charge on any atom is 0.165 e. The molecule has 0 spiro atoms. The largest absolute Gasteiger partial charge is 0.366 e. The van der Waals surface area contributed by atoms with Crippen LogP contribution in [0.3, 0.4) is 0 Å². The highest BCUT2D eigenvalue weighted by Gasteiger charge is 2.20. The molecule has 0 bridgehead atoms.